The third-order valence-electron chi connectivity index (χ3n) is 2.76. The monoisotopic (exact) mass is 246 g/mol. The molecule has 0 spiro atoms. The van der Waals surface area contributed by atoms with E-state index in [4.69, 9.17) is 10.00 Å². The van der Waals surface area contributed by atoms with Crippen molar-refractivity contribution < 1.29 is 9.53 Å². The Morgan fingerprint density at radius 1 is 1.50 bits per heavy atom. The minimum absolute atomic E-state index is 0.289. The highest BCUT2D eigenvalue weighted by Crippen LogP contribution is 2.30. The van der Waals surface area contributed by atoms with Gasteiger partial charge in [-0.15, -0.1) is 0 Å². The maximum Gasteiger partial charge on any atom is 0.241 e. The van der Waals surface area contributed by atoms with Gasteiger partial charge in [0.25, 0.3) is 0 Å². The molecule has 4 nitrogen and oxygen atoms in total. The average Bonchev–Trinajstić information content (AvgIpc) is 2.30. The first kappa shape index (κ1) is 14.0. The van der Waals surface area contributed by atoms with Crippen LogP contribution in [0.5, 0.6) is 5.75 Å². The van der Waals surface area contributed by atoms with Crippen molar-refractivity contribution in [2.75, 3.05) is 12.4 Å². The molecule has 4 heteroatoms. The molecule has 1 atom stereocenters. The molecule has 0 fully saturated rings. The molecule has 96 valence electrons. The van der Waals surface area contributed by atoms with E-state index in [1.54, 1.807) is 7.11 Å². The number of benzene rings is 1. The van der Waals surface area contributed by atoms with Crippen molar-refractivity contribution in [1.29, 1.82) is 5.26 Å². The first-order valence-corrected chi connectivity index (χ1v) is 5.89. The van der Waals surface area contributed by atoms with Crippen molar-refractivity contribution in [2.45, 2.75) is 27.2 Å². The van der Waals surface area contributed by atoms with E-state index < -0.39 is 5.92 Å². The molecule has 0 bridgehead atoms. The molecule has 0 saturated heterocycles. The summed E-state index contributed by atoms with van der Waals surface area (Å²) in [6.07, 6.45) is 0.495. The molecular weight excluding hydrogens is 228 g/mol. The van der Waals surface area contributed by atoms with Gasteiger partial charge in [-0.3, -0.25) is 4.79 Å². The predicted molar refractivity (Wildman–Crippen MR) is 70.5 cm³/mol. The number of anilines is 1. The SMILES string of the molecule is CCC(C#N)C(=O)Nc1cc(C)cc(C)c1OC. The van der Waals surface area contributed by atoms with Crippen LogP contribution in [0.1, 0.15) is 24.5 Å². The molecule has 0 saturated carbocycles. The molecule has 0 heterocycles. The van der Waals surface area contributed by atoms with Crippen LogP contribution in [-0.2, 0) is 4.79 Å². The number of ether oxygens (including phenoxy) is 1. The van der Waals surface area contributed by atoms with Crippen molar-refractivity contribution >= 4 is 11.6 Å². The Bertz CT molecular complexity index is 489. The molecule has 1 aromatic carbocycles. The van der Waals surface area contributed by atoms with Crippen molar-refractivity contribution in [2.24, 2.45) is 5.92 Å². The Kier molecular flexibility index (Phi) is 4.73. The maximum atomic E-state index is 11.9. The summed E-state index contributed by atoms with van der Waals surface area (Å²) in [7, 11) is 1.56. The van der Waals surface area contributed by atoms with Gasteiger partial charge in [0.1, 0.15) is 11.7 Å². The molecule has 0 aliphatic carbocycles. The fourth-order valence-electron chi connectivity index (χ4n) is 1.87. The maximum absolute atomic E-state index is 11.9. The van der Waals surface area contributed by atoms with Gasteiger partial charge < -0.3 is 10.1 Å². The van der Waals surface area contributed by atoms with Crippen LogP contribution < -0.4 is 10.1 Å². The number of amides is 1. The normalized spacial score (nSPS) is 11.5. The zero-order valence-electron chi connectivity index (χ0n) is 11.2. The van der Waals surface area contributed by atoms with Crippen LogP contribution in [0.15, 0.2) is 12.1 Å². The fraction of sp³-hybridized carbons (Fsp3) is 0.429. The summed E-state index contributed by atoms with van der Waals surface area (Å²) in [5, 5.41) is 11.6. The van der Waals surface area contributed by atoms with E-state index in [1.807, 2.05) is 39.0 Å². The number of nitriles is 1. The van der Waals surface area contributed by atoms with Gasteiger partial charge in [-0.2, -0.15) is 5.26 Å². The highest BCUT2D eigenvalue weighted by molar-refractivity contribution is 5.95. The van der Waals surface area contributed by atoms with Gasteiger partial charge in [0, 0.05) is 0 Å². The number of rotatable bonds is 4. The summed E-state index contributed by atoms with van der Waals surface area (Å²) in [6, 6.07) is 5.81. The topological polar surface area (TPSA) is 62.1 Å². The molecule has 1 amide bonds. The molecule has 1 unspecified atom stereocenters. The van der Waals surface area contributed by atoms with Crippen LogP contribution in [0.2, 0.25) is 0 Å². The van der Waals surface area contributed by atoms with Gasteiger partial charge in [-0.05, 0) is 37.5 Å². The zero-order chi connectivity index (χ0) is 13.7. The fourth-order valence-corrected chi connectivity index (χ4v) is 1.87. The summed E-state index contributed by atoms with van der Waals surface area (Å²) >= 11 is 0. The van der Waals surface area contributed by atoms with E-state index in [0.29, 0.717) is 17.9 Å². The summed E-state index contributed by atoms with van der Waals surface area (Å²) < 4.78 is 5.28. The Morgan fingerprint density at radius 3 is 2.67 bits per heavy atom. The second-order valence-corrected chi connectivity index (χ2v) is 4.24. The quantitative estimate of drug-likeness (QED) is 0.888. The molecule has 1 rings (SSSR count). The van der Waals surface area contributed by atoms with E-state index >= 15 is 0 Å². The number of carbonyl (C=O) groups excluding carboxylic acids is 1. The van der Waals surface area contributed by atoms with Crippen molar-refractivity contribution in [1.82, 2.24) is 0 Å². The van der Waals surface area contributed by atoms with Crippen LogP contribution in [0.3, 0.4) is 0 Å². The lowest BCUT2D eigenvalue weighted by Gasteiger charge is -2.15. The van der Waals surface area contributed by atoms with Gasteiger partial charge >= 0.3 is 0 Å². The summed E-state index contributed by atoms with van der Waals surface area (Å²) in [5.41, 5.74) is 2.61. The van der Waals surface area contributed by atoms with E-state index in [2.05, 4.69) is 5.32 Å². The molecule has 0 aromatic heterocycles. The molecular formula is C14H18N2O2. The standard InChI is InChI=1S/C14H18N2O2/c1-5-11(8-15)14(17)16-12-7-9(2)6-10(3)13(12)18-4/h6-7,11H,5H2,1-4H3,(H,16,17). The van der Waals surface area contributed by atoms with Gasteiger partial charge in [0.15, 0.2) is 0 Å². The second kappa shape index (κ2) is 6.06. The van der Waals surface area contributed by atoms with E-state index in [9.17, 15) is 4.79 Å². The summed E-state index contributed by atoms with van der Waals surface area (Å²) in [5.74, 6) is -0.277. The van der Waals surface area contributed by atoms with Gasteiger partial charge in [-0.25, -0.2) is 0 Å². The average molecular weight is 246 g/mol. The first-order chi connectivity index (χ1) is 8.53. The molecule has 0 aliphatic rings. The van der Waals surface area contributed by atoms with Crippen LogP contribution in [0.4, 0.5) is 5.69 Å². The van der Waals surface area contributed by atoms with E-state index in [1.165, 1.54) is 0 Å². The highest BCUT2D eigenvalue weighted by atomic mass is 16.5. The third-order valence-corrected chi connectivity index (χ3v) is 2.76. The van der Waals surface area contributed by atoms with Crippen molar-refractivity contribution in [3.63, 3.8) is 0 Å². The number of nitrogens with zero attached hydrogens (tertiary/aromatic N) is 1. The van der Waals surface area contributed by atoms with E-state index in [-0.39, 0.29) is 5.91 Å². The molecule has 0 radical (unpaired) electrons. The molecule has 0 aliphatic heterocycles. The lowest BCUT2D eigenvalue weighted by Crippen LogP contribution is -2.21. The van der Waals surface area contributed by atoms with E-state index in [0.717, 1.165) is 11.1 Å². The number of aryl methyl sites for hydroxylation is 2. The lowest BCUT2D eigenvalue weighted by atomic mass is 10.1. The molecule has 1 N–H and O–H groups in total. The van der Waals surface area contributed by atoms with Crippen LogP contribution in [0.25, 0.3) is 0 Å². The minimum Gasteiger partial charge on any atom is -0.494 e. The van der Waals surface area contributed by atoms with Crippen LogP contribution in [-0.4, -0.2) is 13.0 Å². The third kappa shape index (κ3) is 3.01. The van der Waals surface area contributed by atoms with Gasteiger partial charge in [-0.1, -0.05) is 13.0 Å². The van der Waals surface area contributed by atoms with Crippen molar-refractivity contribution in [3.8, 4) is 11.8 Å². The number of methoxy groups -OCH3 is 1. The Balaban J connectivity index is 3.04. The smallest absolute Gasteiger partial charge is 0.241 e. The Hall–Kier alpha value is -2.02. The molecule has 18 heavy (non-hydrogen) atoms. The van der Waals surface area contributed by atoms with Gasteiger partial charge in [0.05, 0.1) is 18.9 Å². The van der Waals surface area contributed by atoms with Gasteiger partial charge in [0.2, 0.25) is 5.91 Å². The Morgan fingerprint density at radius 2 is 2.17 bits per heavy atom. The summed E-state index contributed by atoms with van der Waals surface area (Å²) in [6.45, 7) is 5.68. The number of nitrogens with one attached hydrogen (secondary N) is 1. The second-order valence-electron chi connectivity index (χ2n) is 4.24. The summed E-state index contributed by atoms with van der Waals surface area (Å²) in [4.78, 5) is 11.9. The lowest BCUT2D eigenvalue weighted by molar-refractivity contribution is -0.118. The molecule has 1 aromatic rings. The Labute approximate surface area is 108 Å². The number of hydrogen-bond donors (Lipinski definition) is 1. The predicted octanol–water partition coefficient (Wildman–Crippen LogP) is 2.80. The van der Waals surface area contributed by atoms with Crippen LogP contribution in [0, 0.1) is 31.1 Å². The first-order valence-electron chi connectivity index (χ1n) is 5.89. The minimum atomic E-state index is -0.629. The van der Waals surface area contributed by atoms with Crippen LogP contribution >= 0.6 is 0 Å². The van der Waals surface area contributed by atoms with Crippen molar-refractivity contribution in [3.05, 3.63) is 23.3 Å². The zero-order valence-corrected chi connectivity index (χ0v) is 11.2. The number of carbonyl (C=O) groups is 1. The largest absolute Gasteiger partial charge is 0.494 e. The number of hydrogen-bond acceptors (Lipinski definition) is 3. The highest BCUT2D eigenvalue weighted by Gasteiger charge is 2.18.